The van der Waals surface area contributed by atoms with E-state index < -0.39 is 11.7 Å². The molecular formula is C12H14FN5O2. The lowest BCUT2D eigenvalue weighted by atomic mass is 10.2. The summed E-state index contributed by atoms with van der Waals surface area (Å²) in [4.78, 5) is 19.7. The van der Waals surface area contributed by atoms with Gasteiger partial charge >= 0.3 is 0 Å². The van der Waals surface area contributed by atoms with E-state index in [1.54, 1.807) is 0 Å². The maximum atomic E-state index is 13.2. The number of rotatable bonds is 6. The molecule has 2 rings (SSSR count). The van der Waals surface area contributed by atoms with E-state index in [4.69, 9.17) is 0 Å². The van der Waals surface area contributed by atoms with Gasteiger partial charge in [-0.2, -0.15) is 4.98 Å². The van der Waals surface area contributed by atoms with Crippen LogP contribution in [0.4, 0.5) is 10.2 Å². The van der Waals surface area contributed by atoms with Gasteiger partial charge in [-0.25, -0.2) is 9.37 Å². The largest absolute Gasteiger partial charge is 0.369 e. The third kappa shape index (κ3) is 3.50. The summed E-state index contributed by atoms with van der Waals surface area (Å²) in [7, 11) is 0. The third-order valence-electron chi connectivity index (χ3n) is 2.46. The molecule has 0 saturated carbocycles. The smallest absolute Gasteiger partial charge is 0.255 e. The number of aromatic nitrogens is 3. The fourth-order valence-electron chi connectivity index (χ4n) is 1.52. The van der Waals surface area contributed by atoms with E-state index in [1.807, 2.05) is 6.92 Å². The van der Waals surface area contributed by atoms with Gasteiger partial charge in [-0.05, 0) is 12.5 Å². The first kappa shape index (κ1) is 13.9. The van der Waals surface area contributed by atoms with Gasteiger partial charge in [0.05, 0.1) is 18.3 Å². The van der Waals surface area contributed by atoms with Crippen LogP contribution in [0.25, 0.3) is 0 Å². The van der Waals surface area contributed by atoms with Gasteiger partial charge in [0.15, 0.2) is 5.82 Å². The molecule has 8 heteroatoms. The average molecular weight is 279 g/mol. The molecule has 0 bridgehead atoms. The summed E-state index contributed by atoms with van der Waals surface area (Å²) >= 11 is 0. The summed E-state index contributed by atoms with van der Waals surface area (Å²) in [5.74, 6) is -0.346. The van der Waals surface area contributed by atoms with Crippen molar-refractivity contribution < 1.29 is 13.7 Å². The van der Waals surface area contributed by atoms with Gasteiger partial charge in [-0.1, -0.05) is 12.1 Å². The molecule has 106 valence electrons. The Balaban J connectivity index is 2.08. The van der Waals surface area contributed by atoms with Crippen LogP contribution in [0.1, 0.15) is 29.5 Å². The molecule has 0 atom stereocenters. The van der Waals surface area contributed by atoms with Crippen LogP contribution in [-0.2, 0) is 6.54 Å². The summed E-state index contributed by atoms with van der Waals surface area (Å²) in [6, 6.07) is 1.14. The van der Waals surface area contributed by atoms with Crippen LogP contribution in [0.5, 0.6) is 0 Å². The number of carbonyl (C=O) groups is 1. The summed E-state index contributed by atoms with van der Waals surface area (Å²) in [5, 5.41) is 9.12. The lowest BCUT2D eigenvalue weighted by molar-refractivity contribution is 0.0949. The van der Waals surface area contributed by atoms with Crippen LogP contribution in [-0.4, -0.2) is 27.6 Å². The Kier molecular flexibility index (Phi) is 4.59. The van der Waals surface area contributed by atoms with Gasteiger partial charge < -0.3 is 15.2 Å². The van der Waals surface area contributed by atoms with Crippen molar-refractivity contribution in [2.24, 2.45) is 0 Å². The Hall–Kier alpha value is -2.51. The van der Waals surface area contributed by atoms with Crippen LogP contribution in [0, 0.1) is 5.82 Å². The molecule has 0 fully saturated rings. The maximum absolute atomic E-state index is 13.2. The van der Waals surface area contributed by atoms with Gasteiger partial charge in [0.25, 0.3) is 5.91 Å². The number of nitrogens with one attached hydrogen (secondary N) is 2. The fourth-order valence-corrected chi connectivity index (χ4v) is 1.52. The third-order valence-corrected chi connectivity index (χ3v) is 2.46. The number of nitrogens with zero attached hydrogens (tertiary/aromatic N) is 3. The normalized spacial score (nSPS) is 10.3. The van der Waals surface area contributed by atoms with E-state index in [1.165, 1.54) is 6.39 Å². The average Bonchev–Trinajstić information content (AvgIpc) is 2.96. The van der Waals surface area contributed by atoms with E-state index in [2.05, 4.69) is 30.3 Å². The first-order chi connectivity index (χ1) is 9.70. The molecule has 2 N–H and O–H groups in total. The van der Waals surface area contributed by atoms with Crippen molar-refractivity contribution in [3.63, 3.8) is 0 Å². The second-order valence-corrected chi connectivity index (χ2v) is 4.01. The Morgan fingerprint density at radius 2 is 2.30 bits per heavy atom. The first-order valence-corrected chi connectivity index (χ1v) is 6.13. The number of halogens is 1. The molecule has 0 aromatic carbocycles. The van der Waals surface area contributed by atoms with E-state index in [9.17, 15) is 9.18 Å². The Morgan fingerprint density at radius 1 is 1.45 bits per heavy atom. The lowest BCUT2D eigenvalue weighted by Gasteiger charge is -2.10. The molecule has 0 aliphatic carbocycles. The summed E-state index contributed by atoms with van der Waals surface area (Å²) in [5.41, 5.74) is 0.141. The highest BCUT2D eigenvalue weighted by atomic mass is 19.1. The van der Waals surface area contributed by atoms with E-state index in [0.717, 1.165) is 18.7 Å². The van der Waals surface area contributed by atoms with E-state index >= 15 is 0 Å². The molecule has 0 aliphatic rings. The summed E-state index contributed by atoms with van der Waals surface area (Å²) in [6.45, 7) is 2.72. The molecule has 2 heterocycles. The SMILES string of the molecule is CCCNc1ncc(F)cc1C(=O)NCc1ncon1. The zero-order valence-electron chi connectivity index (χ0n) is 10.9. The minimum absolute atomic E-state index is 0.0963. The number of pyridine rings is 1. The molecule has 0 aliphatic heterocycles. The standard InChI is InChI=1S/C12H14FN5O2/c1-2-3-14-11-9(4-8(13)5-15-11)12(19)16-6-10-17-7-20-18-10/h4-5,7H,2-3,6H2,1H3,(H,14,15)(H,16,19). The minimum atomic E-state index is -0.572. The zero-order valence-corrected chi connectivity index (χ0v) is 10.9. The topological polar surface area (TPSA) is 92.9 Å². The fraction of sp³-hybridized carbons (Fsp3) is 0.333. The summed E-state index contributed by atoms with van der Waals surface area (Å²) in [6.07, 6.45) is 3.09. The van der Waals surface area contributed by atoms with Crippen LogP contribution in [0.2, 0.25) is 0 Å². The Morgan fingerprint density at radius 3 is 3.00 bits per heavy atom. The van der Waals surface area contributed by atoms with Crippen molar-refractivity contribution in [2.45, 2.75) is 19.9 Å². The van der Waals surface area contributed by atoms with E-state index in [-0.39, 0.29) is 12.1 Å². The monoisotopic (exact) mass is 279 g/mol. The molecule has 2 aromatic rings. The molecule has 20 heavy (non-hydrogen) atoms. The number of hydrogen-bond acceptors (Lipinski definition) is 6. The van der Waals surface area contributed by atoms with Crippen molar-refractivity contribution in [3.05, 3.63) is 35.9 Å². The van der Waals surface area contributed by atoms with Crippen molar-refractivity contribution in [1.82, 2.24) is 20.4 Å². The Bertz CT molecular complexity index is 573. The van der Waals surface area contributed by atoms with Crippen LogP contribution in [0.3, 0.4) is 0 Å². The van der Waals surface area contributed by atoms with Gasteiger partial charge in [0, 0.05) is 6.54 Å². The number of amides is 1. The maximum Gasteiger partial charge on any atom is 0.255 e. The lowest BCUT2D eigenvalue weighted by Crippen LogP contribution is -2.25. The highest BCUT2D eigenvalue weighted by Crippen LogP contribution is 2.13. The zero-order chi connectivity index (χ0) is 14.4. The van der Waals surface area contributed by atoms with Crippen LogP contribution in [0.15, 0.2) is 23.2 Å². The second-order valence-electron chi connectivity index (χ2n) is 4.01. The first-order valence-electron chi connectivity index (χ1n) is 6.13. The minimum Gasteiger partial charge on any atom is -0.369 e. The van der Waals surface area contributed by atoms with Crippen LogP contribution < -0.4 is 10.6 Å². The highest BCUT2D eigenvalue weighted by Gasteiger charge is 2.14. The number of hydrogen-bond donors (Lipinski definition) is 2. The second kappa shape index (κ2) is 6.60. The molecule has 0 saturated heterocycles. The molecule has 0 spiro atoms. The predicted molar refractivity (Wildman–Crippen MR) is 68.4 cm³/mol. The molecule has 0 unspecified atom stereocenters. The van der Waals surface area contributed by atoms with Gasteiger partial charge in [-0.15, -0.1) is 0 Å². The summed E-state index contributed by atoms with van der Waals surface area (Å²) < 4.78 is 17.8. The van der Waals surface area contributed by atoms with E-state index in [0.29, 0.717) is 18.2 Å². The van der Waals surface area contributed by atoms with Crippen LogP contribution >= 0.6 is 0 Å². The molecule has 2 aromatic heterocycles. The highest BCUT2D eigenvalue weighted by molar-refractivity contribution is 5.98. The quantitative estimate of drug-likeness (QED) is 0.829. The molecule has 7 nitrogen and oxygen atoms in total. The molecular weight excluding hydrogens is 265 g/mol. The van der Waals surface area contributed by atoms with Crippen molar-refractivity contribution in [2.75, 3.05) is 11.9 Å². The van der Waals surface area contributed by atoms with Gasteiger partial charge in [0.1, 0.15) is 11.6 Å². The molecule has 1 amide bonds. The number of carbonyl (C=O) groups excluding carboxylic acids is 1. The van der Waals surface area contributed by atoms with Gasteiger partial charge in [0.2, 0.25) is 6.39 Å². The van der Waals surface area contributed by atoms with Crippen molar-refractivity contribution >= 4 is 11.7 Å². The van der Waals surface area contributed by atoms with Gasteiger partial charge in [-0.3, -0.25) is 4.79 Å². The Labute approximate surface area is 114 Å². The predicted octanol–water partition coefficient (Wildman–Crippen LogP) is 1.36. The molecule has 0 radical (unpaired) electrons. The number of anilines is 1. The van der Waals surface area contributed by atoms with Crippen molar-refractivity contribution in [1.29, 1.82) is 0 Å². The van der Waals surface area contributed by atoms with Crippen molar-refractivity contribution in [3.8, 4) is 0 Å².